The van der Waals surface area contributed by atoms with Gasteiger partial charge >= 0.3 is 12.1 Å². The van der Waals surface area contributed by atoms with Gasteiger partial charge in [0.25, 0.3) is 0 Å². The summed E-state index contributed by atoms with van der Waals surface area (Å²) in [5.41, 5.74) is -0.0502. The summed E-state index contributed by atoms with van der Waals surface area (Å²) in [6.45, 7) is 6.50. The first-order chi connectivity index (χ1) is 9.25. The van der Waals surface area contributed by atoms with E-state index in [-0.39, 0.29) is 17.9 Å². The molecule has 0 saturated carbocycles. The number of rotatable bonds is 5. The zero-order valence-electron chi connectivity index (χ0n) is 11.3. The second kappa shape index (κ2) is 6.39. The van der Waals surface area contributed by atoms with E-state index in [9.17, 15) is 14.2 Å². The average molecular weight is 297 g/mol. The summed E-state index contributed by atoms with van der Waals surface area (Å²) in [6, 6.07) is 4.22. The SMILES string of the molecule is C=CCOC(=O)Nc1ccc(P(C)(C)=O)cc1C(=O)O. The van der Waals surface area contributed by atoms with Crippen molar-refractivity contribution in [3.05, 3.63) is 36.4 Å². The highest BCUT2D eigenvalue weighted by Gasteiger charge is 2.18. The van der Waals surface area contributed by atoms with Crippen LogP contribution in [0, 0.1) is 0 Å². The Kier molecular flexibility index (Phi) is 5.11. The van der Waals surface area contributed by atoms with Crippen LogP contribution >= 0.6 is 7.14 Å². The molecule has 2 N–H and O–H groups in total. The summed E-state index contributed by atoms with van der Waals surface area (Å²) in [5.74, 6) is -1.22. The van der Waals surface area contributed by atoms with Crippen molar-refractivity contribution < 1.29 is 24.0 Å². The quantitative estimate of drug-likeness (QED) is 0.643. The molecule has 1 aromatic carbocycles. The molecule has 1 amide bonds. The van der Waals surface area contributed by atoms with Crippen LogP contribution in [0.1, 0.15) is 10.4 Å². The number of hydrogen-bond acceptors (Lipinski definition) is 4. The molecule has 0 heterocycles. The highest BCUT2D eigenvalue weighted by molar-refractivity contribution is 7.70. The molecule has 1 rings (SSSR count). The van der Waals surface area contributed by atoms with Crippen molar-refractivity contribution in [2.24, 2.45) is 0 Å². The number of nitrogens with one attached hydrogen (secondary N) is 1. The first-order valence-corrected chi connectivity index (χ1v) is 8.33. The summed E-state index contributed by atoms with van der Waals surface area (Å²) < 4.78 is 16.7. The smallest absolute Gasteiger partial charge is 0.411 e. The molecule has 0 unspecified atom stereocenters. The number of anilines is 1. The van der Waals surface area contributed by atoms with Crippen LogP contribution in [0.25, 0.3) is 0 Å². The van der Waals surface area contributed by atoms with E-state index in [0.717, 1.165) is 0 Å². The van der Waals surface area contributed by atoms with E-state index in [1.165, 1.54) is 24.3 Å². The predicted molar refractivity (Wildman–Crippen MR) is 77.7 cm³/mol. The van der Waals surface area contributed by atoms with Crippen molar-refractivity contribution >= 4 is 30.2 Å². The molecule has 108 valence electrons. The Balaban J connectivity index is 3.08. The molecule has 0 aliphatic heterocycles. The topological polar surface area (TPSA) is 92.7 Å². The molecule has 0 aromatic heterocycles. The summed E-state index contributed by atoms with van der Waals surface area (Å²) in [4.78, 5) is 22.6. The van der Waals surface area contributed by atoms with E-state index in [1.54, 1.807) is 13.3 Å². The van der Waals surface area contributed by atoms with Crippen LogP contribution < -0.4 is 10.6 Å². The highest BCUT2D eigenvalue weighted by Crippen LogP contribution is 2.35. The fourth-order valence-corrected chi connectivity index (χ4v) is 2.31. The van der Waals surface area contributed by atoms with Crippen molar-refractivity contribution in [3.63, 3.8) is 0 Å². The Morgan fingerprint density at radius 1 is 1.45 bits per heavy atom. The van der Waals surface area contributed by atoms with E-state index in [0.29, 0.717) is 5.30 Å². The Labute approximate surface area is 116 Å². The third kappa shape index (κ3) is 4.24. The van der Waals surface area contributed by atoms with Gasteiger partial charge in [-0.15, -0.1) is 0 Å². The second-order valence-corrected chi connectivity index (χ2v) is 7.62. The second-order valence-electron chi connectivity index (χ2n) is 4.40. The monoisotopic (exact) mass is 297 g/mol. The lowest BCUT2D eigenvalue weighted by atomic mass is 10.2. The summed E-state index contributed by atoms with van der Waals surface area (Å²) in [5, 5.41) is 11.9. The van der Waals surface area contributed by atoms with Gasteiger partial charge in [0.05, 0.1) is 11.3 Å². The molecule has 0 radical (unpaired) electrons. The average Bonchev–Trinajstić information content (AvgIpc) is 2.35. The van der Waals surface area contributed by atoms with Gasteiger partial charge in [-0.1, -0.05) is 12.7 Å². The first kappa shape index (κ1) is 16.0. The molecule has 20 heavy (non-hydrogen) atoms. The molecule has 6 nitrogen and oxygen atoms in total. The molecular formula is C13H16NO5P. The fourth-order valence-electron chi connectivity index (χ4n) is 1.43. The minimum absolute atomic E-state index is 0.0193. The Morgan fingerprint density at radius 2 is 2.10 bits per heavy atom. The van der Waals surface area contributed by atoms with Crippen LogP contribution in [-0.2, 0) is 9.30 Å². The van der Waals surface area contributed by atoms with E-state index in [2.05, 4.69) is 11.9 Å². The molecule has 0 aliphatic carbocycles. The number of ether oxygens (including phenoxy) is 1. The maximum atomic E-state index is 11.9. The van der Waals surface area contributed by atoms with Gasteiger partial charge in [-0.25, -0.2) is 9.59 Å². The number of carbonyl (C=O) groups excluding carboxylic acids is 1. The number of carbonyl (C=O) groups is 2. The third-order valence-corrected chi connectivity index (χ3v) is 3.95. The van der Waals surface area contributed by atoms with Gasteiger partial charge < -0.3 is 14.4 Å². The molecule has 0 saturated heterocycles. The maximum absolute atomic E-state index is 11.9. The number of amides is 1. The molecule has 0 fully saturated rings. The maximum Gasteiger partial charge on any atom is 0.411 e. The van der Waals surface area contributed by atoms with E-state index < -0.39 is 19.2 Å². The van der Waals surface area contributed by atoms with Crippen LogP contribution in [0.3, 0.4) is 0 Å². The Bertz CT molecular complexity index is 590. The van der Waals surface area contributed by atoms with E-state index in [1.807, 2.05) is 0 Å². The minimum Gasteiger partial charge on any atom is -0.478 e. The van der Waals surface area contributed by atoms with Crippen LogP contribution in [0.2, 0.25) is 0 Å². The number of carboxylic acids is 1. The van der Waals surface area contributed by atoms with Crippen molar-refractivity contribution in [1.82, 2.24) is 0 Å². The van der Waals surface area contributed by atoms with Crippen LogP contribution in [-0.4, -0.2) is 37.1 Å². The number of hydrogen-bond donors (Lipinski definition) is 2. The van der Waals surface area contributed by atoms with Crippen LogP contribution in [0.4, 0.5) is 10.5 Å². The molecule has 0 aliphatic rings. The summed E-state index contributed by atoms with van der Waals surface area (Å²) in [7, 11) is -2.58. The largest absolute Gasteiger partial charge is 0.478 e. The minimum atomic E-state index is -2.58. The van der Waals surface area contributed by atoms with Gasteiger partial charge in [-0.2, -0.15) is 0 Å². The molecular weight excluding hydrogens is 281 g/mol. The van der Waals surface area contributed by atoms with Crippen LogP contribution in [0.15, 0.2) is 30.9 Å². The predicted octanol–water partition coefficient (Wildman–Crippen LogP) is 2.37. The van der Waals surface area contributed by atoms with Crippen molar-refractivity contribution in [1.29, 1.82) is 0 Å². The van der Waals surface area contributed by atoms with Gasteiger partial charge in [0.2, 0.25) is 0 Å². The molecule has 0 spiro atoms. The number of carboxylic acid groups (broad SMARTS) is 1. The van der Waals surface area contributed by atoms with Crippen molar-refractivity contribution in [2.75, 3.05) is 25.3 Å². The zero-order chi connectivity index (χ0) is 15.3. The zero-order valence-corrected chi connectivity index (χ0v) is 12.1. The molecule has 0 atom stereocenters. The van der Waals surface area contributed by atoms with Gasteiger partial charge in [0.15, 0.2) is 0 Å². The van der Waals surface area contributed by atoms with Crippen molar-refractivity contribution in [3.8, 4) is 0 Å². The lowest BCUT2D eigenvalue weighted by Gasteiger charge is -2.12. The lowest BCUT2D eigenvalue weighted by molar-refractivity contribution is 0.0698. The molecule has 7 heteroatoms. The van der Waals surface area contributed by atoms with Crippen molar-refractivity contribution in [2.45, 2.75) is 0 Å². The lowest BCUT2D eigenvalue weighted by Crippen LogP contribution is -2.18. The Morgan fingerprint density at radius 3 is 2.60 bits per heavy atom. The summed E-state index contributed by atoms with van der Waals surface area (Å²) >= 11 is 0. The van der Waals surface area contributed by atoms with E-state index in [4.69, 9.17) is 9.84 Å². The van der Waals surface area contributed by atoms with Gasteiger partial charge in [-0.3, -0.25) is 5.32 Å². The molecule has 0 bridgehead atoms. The Hall–Kier alpha value is -2.07. The van der Waals surface area contributed by atoms with E-state index >= 15 is 0 Å². The first-order valence-electron chi connectivity index (χ1n) is 5.73. The standard InChI is InChI=1S/C13H16NO5P/c1-4-7-19-13(17)14-11-6-5-9(20(2,3)18)8-10(11)12(15)16/h4-6,8H,1,7H2,2-3H3,(H,14,17)(H,15,16). The van der Waals surface area contributed by atoms with Gasteiger partial charge in [0, 0.05) is 5.30 Å². The highest BCUT2D eigenvalue weighted by atomic mass is 31.2. The molecule has 1 aromatic rings. The number of aromatic carboxylic acids is 1. The fraction of sp³-hybridized carbons (Fsp3) is 0.231. The van der Waals surface area contributed by atoms with Crippen LogP contribution in [0.5, 0.6) is 0 Å². The summed E-state index contributed by atoms with van der Waals surface area (Å²) in [6.07, 6.45) is 0.613. The van der Waals surface area contributed by atoms with Gasteiger partial charge in [0.1, 0.15) is 13.7 Å². The van der Waals surface area contributed by atoms with Gasteiger partial charge in [-0.05, 0) is 31.5 Å². The normalized spacial score (nSPS) is 10.7. The third-order valence-electron chi connectivity index (χ3n) is 2.42. The number of benzene rings is 1.